The van der Waals surface area contributed by atoms with Crippen LogP contribution in [0.1, 0.15) is 12.7 Å². The fourth-order valence-corrected chi connectivity index (χ4v) is 3.76. The van der Waals surface area contributed by atoms with E-state index in [-0.39, 0.29) is 11.4 Å². The molecule has 126 valence electrons. The van der Waals surface area contributed by atoms with Crippen molar-refractivity contribution in [3.63, 3.8) is 0 Å². The van der Waals surface area contributed by atoms with Gasteiger partial charge in [0.25, 0.3) is 0 Å². The van der Waals surface area contributed by atoms with Gasteiger partial charge in [0.05, 0.1) is 18.6 Å². The molecule has 2 aromatic carbocycles. The van der Waals surface area contributed by atoms with E-state index in [1.54, 1.807) is 42.3 Å². The van der Waals surface area contributed by atoms with Gasteiger partial charge in [-0.15, -0.1) is 10.2 Å². The second-order valence-corrected chi connectivity index (χ2v) is 6.90. The van der Waals surface area contributed by atoms with Crippen LogP contribution in [0.2, 0.25) is 0 Å². The van der Waals surface area contributed by atoms with Crippen LogP contribution < -0.4 is 9.46 Å². The first kappa shape index (κ1) is 16.4. The van der Waals surface area contributed by atoms with E-state index < -0.39 is 10.0 Å². The number of fused-ring (bicyclic) bond motifs is 1. The van der Waals surface area contributed by atoms with Crippen molar-refractivity contribution in [2.75, 3.05) is 7.11 Å². The normalized spacial score (nSPS) is 11.8. The van der Waals surface area contributed by atoms with E-state index in [4.69, 9.17) is 4.74 Å². The van der Waals surface area contributed by atoms with Crippen molar-refractivity contribution in [2.45, 2.75) is 24.9 Å². The van der Waals surface area contributed by atoms with Gasteiger partial charge in [-0.05, 0) is 19.1 Å². The van der Waals surface area contributed by atoms with Crippen LogP contribution >= 0.6 is 0 Å². The van der Waals surface area contributed by atoms with Crippen LogP contribution in [0, 0.1) is 0 Å². The smallest absolute Gasteiger partial charge is 0.241 e. The lowest BCUT2D eigenvalue weighted by atomic mass is 10.1. The zero-order valence-electron chi connectivity index (χ0n) is 13.4. The summed E-state index contributed by atoms with van der Waals surface area (Å²) in [6, 6.07) is 10.5. The van der Waals surface area contributed by atoms with E-state index in [2.05, 4.69) is 14.9 Å². The highest BCUT2D eigenvalue weighted by Crippen LogP contribution is 2.30. The molecule has 0 aliphatic carbocycles. The minimum Gasteiger partial charge on any atom is -0.496 e. The number of benzene rings is 2. The Hall–Kier alpha value is -2.45. The lowest BCUT2D eigenvalue weighted by Gasteiger charge is -2.12. The first-order valence-corrected chi connectivity index (χ1v) is 8.97. The molecule has 0 radical (unpaired) electrons. The minimum atomic E-state index is -3.70. The number of rotatable bonds is 6. The van der Waals surface area contributed by atoms with Gasteiger partial charge >= 0.3 is 0 Å². The summed E-state index contributed by atoms with van der Waals surface area (Å²) in [6.07, 6.45) is 1.58. The zero-order chi connectivity index (χ0) is 17.2. The summed E-state index contributed by atoms with van der Waals surface area (Å²) in [5.41, 5.74) is 0. The quantitative estimate of drug-likeness (QED) is 0.737. The molecule has 0 saturated heterocycles. The highest BCUT2D eigenvalue weighted by molar-refractivity contribution is 7.89. The average Bonchev–Trinajstić information content (AvgIpc) is 3.06. The van der Waals surface area contributed by atoms with Gasteiger partial charge in [-0.2, -0.15) is 0 Å². The number of aryl methyl sites for hydroxylation is 1. The molecule has 0 saturated carbocycles. The fourth-order valence-electron chi connectivity index (χ4n) is 2.57. The predicted molar refractivity (Wildman–Crippen MR) is 90.2 cm³/mol. The number of hydrogen-bond donors (Lipinski definition) is 1. The Balaban J connectivity index is 1.97. The number of nitrogens with one attached hydrogen (secondary N) is 1. The van der Waals surface area contributed by atoms with Gasteiger partial charge < -0.3 is 9.30 Å². The molecule has 24 heavy (non-hydrogen) atoms. The van der Waals surface area contributed by atoms with E-state index in [9.17, 15) is 8.42 Å². The number of methoxy groups -OCH3 is 1. The van der Waals surface area contributed by atoms with Crippen LogP contribution in [0.3, 0.4) is 0 Å². The van der Waals surface area contributed by atoms with Crippen LogP contribution in [0.5, 0.6) is 5.75 Å². The molecule has 0 aliphatic rings. The van der Waals surface area contributed by atoms with Crippen LogP contribution in [0.25, 0.3) is 10.8 Å². The first-order valence-electron chi connectivity index (χ1n) is 7.49. The lowest BCUT2D eigenvalue weighted by molar-refractivity contribution is 0.419. The number of hydrogen-bond acceptors (Lipinski definition) is 5. The molecule has 0 fully saturated rings. The van der Waals surface area contributed by atoms with Gasteiger partial charge in [0.1, 0.15) is 17.9 Å². The molecule has 0 amide bonds. The molecule has 3 aromatic rings. The van der Waals surface area contributed by atoms with Crippen molar-refractivity contribution in [2.24, 2.45) is 0 Å². The number of nitrogens with zero attached hydrogens (tertiary/aromatic N) is 3. The highest BCUT2D eigenvalue weighted by atomic mass is 32.2. The molecule has 1 heterocycles. The van der Waals surface area contributed by atoms with Gasteiger partial charge in [0.15, 0.2) is 0 Å². The average molecular weight is 346 g/mol. The van der Waals surface area contributed by atoms with Crippen molar-refractivity contribution in [3.05, 3.63) is 48.5 Å². The van der Waals surface area contributed by atoms with Gasteiger partial charge in [0.2, 0.25) is 10.0 Å². The molecule has 3 rings (SSSR count). The minimum absolute atomic E-state index is 0.0799. The summed E-state index contributed by atoms with van der Waals surface area (Å²) in [4.78, 5) is 0.210. The van der Waals surface area contributed by atoms with Crippen molar-refractivity contribution in [1.29, 1.82) is 0 Å². The van der Waals surface area contributed by atoms with Crippen LogP contribution in [0.15, 0.2) is 47.6 Å². The maximum Gasteiger partial charge on any atom is 0.241 e. The van der Waals surface area contributed by atoms with E-state index in [0.717, 1.165) is 5.39 Å². The van der Waals surface area contributed by atoms with Gasteiger partial charge in [0, 0.05) is 17.3 Å². The van der Waals surface area contributed by atoms with Crippen molar-refractivity contribution >= 4 is 20.8 Å². The van der Waals surface area contributed by atoms with Gasteiger partial charge in [-0.3, -0.25) is 0 Å². The number of sulfonamides is 1. The SMILES string of the molecule is CCn1cnnc1CNS(=O)(=O)c1ccc(OC)c2ccccc12. The summed E-state index contributed by atoms with van der Waals surface area (Å²) < 4.78 is 35.1. The number of ether oxygens (including phenoxy) is 1. The van der Waals surface area contributed by atoms with Crippen LogP contribution in [-0.2, 0) is 23.1 Å². The summed E-state index contributed by atoms with van der Waals surface area (Å²) in [5, 5.41) is 9.10. The van der Waals surface area contributed by atoms with Gasteiger partial charge in [-0.1, -0.05) is 24.3 Å². The Labute approximate surface area is 140 Å². The van der Waals surface area contributed by atoms with Crippen molar-refractivity contribution in [3.8, 4) is 5.75 Å². The summed E-state index contributed by atoms with van der Waals surface area (Å²) in [7, 11) is -2.14. The molecule has 0 atom stereocenters. The first-order chi connectivity index (χ1) is 11.6. The molecule has 7 nitrogen and oxygen atoms in total. The largest absolute Gasteiger partial charge is 0.496 e. The summed E-state index contributed by atoms with van der Waals surface area (Å²) in [6.45, 7) is 2.70. The van der Waals surface area contributed by atoms with E-state index in [1.807, 2.05) is 19.1 Å². The third-order valence-corrected chi connectivity index (χ3v) is 5.27. The van der Waals surface area contributed by atoms with Crippen molar-refractivity contribution < 1.29 is 13.2 Å². The molecule has 0 aliphatic heterocycles. The molecular weight excluding hydrogens is 328 g/mol. The Morgan fingerprint density at radius 3 is 2.62 bits per heavy atom. The Morgan fingerprint density at radius 2 is 1.92 bits per heavy atom. The lowest BCUT2D eigenvalue weighted by Crippen LogP contribution is -2.25. The second kappa shape index (κ2) is 6.58. The second-order valence-electron chi connectivity index (χ2n) is 5.17. The molecule has 8 heteroatoms. The van der Waals surface area contributed by atoms with E-state index in [1.165, 1.54) is 0 Å². The molecule has 1 N–H and O–H groups in total. The summed E-state index contributed by atoms with van der Waals surface area (Å²) >= 11 is 0. The third-order valence-electron chi connectivity index (χ3n) is 3.81. The van der Waals surface area contributed by atoms with E-state index >= 15 is 0 Å². The Bertz CT molecular complexity index is 966. The third kappa shape index (κ3) is 2.98. The molecule has 0 bridgehead atoms. The van der Waals surface area contributed by atoms with Crippen LogP contribution in [-0.4, -0.2) is 30.3 Å². The maximum absolute atomic E-state index is 12.7. The Kier molecular flexibility index (Phi) is 4.50. The standard InChI is InChI=1S/C16H18N4O3S/c1-3-20-11-17-19-16(20)10-18-24(21,22)15-9-8-14(23-2)12-6-4-5-7-13(12)15/h4-9,11,18H,3,10H2,1-2H3. The van der Waals surface area contributed by atoms with Crippen LogP contribution in [0.4, 0.5) is 0 Å². The molecule has 0 unspecified atom stereocenters. The molecule has 1 aromatic heterocycles. The monoisotopic (exact) mass is 346 g/mol. The fraction of sp³-hybridized carbons (Fsp3) is 0.250. The molecular formula is C16H18N4O3S. The molecule has 0 spiro atoms. The Morgan fingerprint density at radius 1 is 1.17 bits per heavy atom. The maximum atomic E-state index is 12.7. The predicted octanol–water partition coefficient (Wildman–Crippen LogP) is 1.94. The topological polar surface area (TPSA) is 86.1 Å². The van der Waals surface area contributed by atoms with E-state index in [0.29, 0.717) is 23.5 Å². The summed E-state index contributed by atoms with van der Waals surface area (Å²) in [5.74, 6) is 1.20. The number of aromatic nitrogens is 3. The zero-order valence-corrected chi connectivity index (χ0v) is 14.2. The van der Waals surface area contributed by atoms with Crippen molar-refractivity contribution in [1.82, 2.24) is 19.5 Å². The highest BCUT2D eigenvalue weighted by Gasteiger charge is 2.19. The van der Waals surface area contributed by atoms with Gasteiger partial charge in [-0.25, -0.2) is 13.1 Å².